The number of hydrogen-bond acceptors (Lipinski definition) is 2. The highest BCUT2D eigenvalue weighted by atomic mass is 35.5. The Labute approximate surface area is 158 Å². The molecule has 1 aliphatic heterocycles. The van der Waals surface area contributed by atoms with Crippen molar-refractivity contribution in [1.82, 2.24) is 4.90 Å². The van der Waals surface area contributed by atoms with E-state index in [-0.39, 0.29) is 5.91 Å². The quantitative estimate of drug-likeness (QED) is 0.729. The monoisotopic (exact) mass is 374 g/mol. The fourth-order valence-corrected chi connectivity index (χ4v) is 3.46. The number of piperazine rings is 1. The second-order valence-electron chi connectivity index (χ2n) is 6.12. The van der Waals surface area contributed by atoms with E-state index in [4.69, 9.17) is 23.2 Å². The average Bonchev–Trinajstić information content (AvgIpc) is 2.61. The lowest BCUT2D eigenvalue weighted by molar-refractivity contribution is -0.126. The fourth-order valence-electron chi connectivity index (χ4n) is 2.94. The minimum absolute atomic E-state index is 0.0140. The maximum absolute atomic E-state index is 12.4. The van der Waals surface area contributed by atoms with Crippen molar-refractivity contribution in [2.75, 3.05) is 31.1 Å². The third-order valence-electron chi connectivity index (χ3n) is 4.35. The summed E-state index contributed by atoms with van der Waals surface area (Å²) in [6.07, 6.45) is 3.25. The molecule has 0 radical (unpaired) electrons. The third kappa shape index (κ3) is 4.36. The van der Waals surface area contributed by atoms with Gasteiger partial charge in [0.05, 0.1) is 0 Å². The van der Waals surface area contributed by atoms with Gasteiger partial charge in [0.15, 0.2) is 0 Å². The van der Waals surface area contributed by atoms with Gasteiger partial charge in [0.2, 0.25) is 5.91 Å². The van der Waals surface area contributed by atoms with E-state index in [0.717, 1.165) is 13.1 Å². The summed E-state index contributed by atoms with van der Waals surface area (Å²) < 4.78 is 0. The smallest absolute Gasteiger partial charge is 0.246 e. The number of hydrogen-bond donors (Lipinski definition) is 0. The zero-order valence-electron chi connectivity index (χ0n) is 14.1. The van der Waals surface area contributed by atoms with Crippen LogP contribution in [-0.2, 0) is 4.79 Å². The molecule has 0 atom stereocenters. The predicted octanol–water partition coefficient (Wildman–Crippen LogP) is 4.66. The molecule has 0 spiro atoms. The van der Waals surface area contributed by atoms with Crippen LogP contribution in [-0.4, -0.2) is 37.0 Å². The minimum Gasteiger partial charge on any atom is -0.368 e. The zero-order chi connectivity index (χ0) is 17.8. The number of benzene rings is 2. The van der Waals surface area contributed by atoms with Crippen LogP contribution in [0.2, 0.25) is 10.0 Å². The Morgan fingerprint density at radius 3 is 2.28 bits per heavy atom. The largest absolute Gasteiger partial charge is 0.368 e. The Bertz CT molecular complexity index is 776. The van der Waals surface area contributed by atoms with Crippen LogP contribution in [0.4, 0.5) is 5.69 Å². The summed E-state index contributed by atoms with van der Waals surface area (Å²) >= 11 is 12.3. The standard InChI is InChI=1S/C20H20Cl2N2O/c1-15-4-2-5-16(14-15)23-10-12-24(13-11-23)20(25)9-8-17-18(21)6-3-7-19(17)22/h2-9,14H,10-13H2,1H3/b9-8+. The van der Waals surface area contributed by atoms with E-state index < -0.39 is 0 Å². The van der Waals surface area contributed by atoms with Crippen molar-refractivity contribution in [3.8, 4) is 0 Å². The summed E-state index contributed by atoms with van der Waals surface area (Å²) in [4.78, 5) is 16.6. The SMILES string of the molecule is Cc1cccc(N2CCN(C(=O)/C=C/c3c(Cl)cccc3Cl)CC2)c1. The lowest BCUT2D eigenvalue weighted by Gasteiger charge is -2.35. The molecule has 25 heavy (non-hydrogen) atoms. The molecule has 2 aromatic rings. The maximum atomic E-state index is 12.4. The van der Waals surface area contributed by atoms with Gasteiger partial charge in [-0.05, 0) is 42.8 Å². The molecule has 0 saturated carbocycles. The van der Waals surface area contributed by atoms with E-state index in [9.17, 15) is 4.79 Å². The molecule has 0 aliphatic carbocycles. The number of rotatable bonds is 3. The van der Waals surface area contributed by atoms with E-state index in [0.29, 0.717) is 28.7 Å². The number of carbonyl (C=O) groups excluding carboxylic acids is 1. The molecule has 2 aromatic carbocycles. The van der Waals surface area contributed by atoms with Gasteiger partial charge in [0.25, 0.3) is 0 Å². The van der Waals surface area contributed by atoms with Crippen LogP contribution >= 0.6 is 23.2 Å². The first kappa shape index (κ1) is 17.8. The molecule has 0 unspecified atom stereocenters. The number of amides is 1. The first-order valence-corrected chi connectivity index (χ1v) is 9.03. The molecular formula is C20H20Cl2N2O. The fraction of sp³-hybridized carbons (Fsp3) is 0.250. The van der Waals surface area contributed by atoms with Crippen molar-refractivity contribution < 1.29 is 4.79 Å². The highest BCUT2D eigenvalue weighted by Gasteiger charge is 2.20. The van der Waals surface area contributed by atoms with Crippen LogP contribution in [0.3, 0.4) is 0 Å². The van der Waals surface area contributed by atoms with Gasteiger partial charge in [-0.25, -0.2) is 0 Å². The summed E-state index contributed by atoms with van der Waals surface area (Å²) in [6.45, 7) is 5.15. The molecule has 0 N–H and O–H groups in total. The van der Waals surface area contributed by atoms with Crippen LogP contribution in [0, 0.1) is 6.92 Å². The van der Waals surface area contributed by atoms with Gasteiger partial charge < -0.3 is 9.80 Å². The van der Waals surface area contributed by atoms with Crippen LogP contribution in [0.5, 0.6) is 0 Å². The molecule has 1 saturated heterocycles. The Balaban J connectivity index is 1.61. The summed E-state index contributed by atoms with van der Waals surface area (Å²) in [6, 6.07) is 13.8. The minimum atomic E-state index is -0.0140. The van der Waals surface area contributed by atoms with Crippen molar-refractivity contribution in [2.24, 2.45) is 0 Å². The Hall–Kier alpha value is -1.97. The molecule has 0 aromatic heterocycles. The molecule has 1 amide bonds. The number of aryl methyl sites for hydroxylation is 1. The Kier molecular flexibility index (Phi) is 5.67. The Morgan fingerprint density at radius 1 is 1.00 bits per heavy atom. The normalized spacial score (nSPS) is 15.0. The van der Waals surface area contributed by atoms with Gasteiger partial charge in [-0.2, -0.15) is 0 Å². The van der Waals surface area contributed by atoms with Crippen LogP contribution < -0.4 is 4.90 Å². The van der Waals surface area contributed by atoms with E-state index in [2.05, 4.69) is 36.1 Å². The molecular weight excluding hydrogens is 355 g/mol. The molecule has 1 fully saturated rings. The van der Waals surface area contributed by atoms with Gasteiger partial charge in [0, 0.05) is 53.6 Å². The number of halogens is 2. The van der Waals surface area contributed by atoms with Gasteiger partial charge in [-0.15, -0.1) is 0 Å². The van der Waals surface area contributed by atoms with E-state index >= 15 is 0 Å². The van der Waals surface area contributed by atoms with Gasteiger partial charge >= 0.3 is 0 Å². The van der Waals surface area contributed by atoms with E-state index in [1.807, 2.05) is 4.90 Å². The molecule has 5 heteroatoms. The third-order valence-corrected chi connectivity index (χ3v) is 5.01. The van der Waals surface area contributed by atoms with Crippen molar-refractivity contribution in [3.05, 3.63) is 69.7 Å². The second-order valence-corrected chi connectivity index (χ2v) is 6.93. The number of anilines is 1. The van der Waals surface area contributed by atoms with Crippen molar-refractivity contribution in [3.63, 3.8) is 0 Å². The molecule has 3 rings (SSSR count). The first-order chi connectivity index (χ1) is 12.0. The summed E-state index contributed by atoms with van der Waals surface area (Å²) in [5, 5.41) is 1.08. The lowest BCUT2D eigenvalue weighted by atomic mass is 10.2. The van der Waals surface area contributed by atoms with Gasteiger partial charge in [-0.3, -0.25) is 4.79 Å². The van der Waals surface area contributed by atoms with E-state index in [1.54, 1.807) is 30.4 Å². The summed E-state index contributed by atoms with van der Waals surface area (Å²) in [5.41, 5.74) is 3.14. The lowest BCUT2D eigenvalue weighted by Crippen LogP contribution is -2.48. The highest BCUT2D eigenvalue weighted by Crippen LogP contribution is 2.25. The average molecular weight is 375 g/mol. The summed E-state index contributed by atoms with van der Waals surface area (Å²) in [7, 11) is 0. The maximum Gasteiger partial charge on any atom is 0.246 e. The second kappa shape index (κ2) is 7.94. The van der Waals surface area contributed by atoms with Crippen molar-refractivity contribution in [2.45, 2.75) is 6.92 Å². The van der Waals surface area contributed by atoms with Crippen LogP contribution in [0.25, 0.3) is 6.08 Å². The molecule has 1 heterocycles. The van der Waals surface area contributed by atoms with Gasteiger partial charge in [-0.1, -0.05) is 41.4 Å². The number of carbonyl (C=O) groups is 1. The number of nitrogens with zero attached hydrogens (tertiary/aromatic N) is 2. The van der Waals surface area contributed by atoms with Gasteiger partial charge in [0.1, 0.15) is 0 Å². The molecule has 0 bridgehead atoms. The molecule has 3 nitrogen and oxygen atoms in total. The topological polar surface area (TPSA) is 23.6 Å². The zero-order valence-corrected chi connectivity index (χ0v) is 15.6. The molecule has 130 valence electrons. The van der Waals surface area contributed by atoms with Crippen molar-refractivity contribution in [1.29, 1.82) is 0 Å². The highest BCUT2D eigenvalue weighted by molar-refractivity contribution is 6.37. The van der Waals surface area contributed by atoms with Crippen molar-refractivity contribution >= 4 is 40.9 Å². The van der Waals surface area contributed by atoms with E-state index in [1.165, 1.54) is 11.3 Å². The summed E-state index contributed by atoms with van der Waals surface area (Å²) in [5.74, 6) is -0.0140. The van der Waals surface area contributed by atoms with Crippen LogP contribution in [0.15, 0.2) is 48.5 Å². The first-order valence-electron chi connectivity index (χ1n) is 8.27. The Morgan fingerprint density at radius 2 is 1.64 bits per heavy atom. The molecule has 1 aliphatic rings. The van der Waals surface area contributed by atoms with Crippen LogP contribution in [0.1, 0.15) is 11.1 Å². The predicted molar refractivity (Wildman–Crippen MR) is 105 cm³/mol.